The number of benzene rings is 4. The van der Waals surface area contributed by atoms with Crippen molar-refractivity contribution in [1.29, 1.82) is 0 Å². The standard InChI is InChI=1S/C33H36Si/c1-20(2)34(21(3)4,22(5)6)33-28-18-17-24-12-8-10-14-27(24)31(28)32-29(33)19-25-16-15-23-11-7-9-13-26(23)30(25)32/h7-18,20-22,33H,19H2,1-6H3/t33-/m1/s1. The van der Waals surface area contributed by atoms with Gasteiger partial charge in [0.2, 0.25) is 0 Å². The minimum absolute atomic E-state index is 0.591. The zero-order valence-corrected chi connectivity index (χ0v) is 22.4. The Bertz CT molecular complexity index is 1450. The van der Waals surface area contributed by atoms with Crippen molar-refractivity contribution in [2.45, 2.75) is 70.1 Å². The molecule has 0 aliphatic heterocycles. The minimum Gasteiger partial charge on any atom is -0.0651 e. The maximum Gasteiger partial charge on any atom is 0.0736 e. The van der Waals surface area contributed by atoms with Crippen LogP contribution < -0.4 is 0 Å². The summed E-state index contributed by atoms with van der Waals surface area (Å²) in [5.74, 6) is 0. The predicted molar refractivity (Wildman–Crippen MR) is 151 cm³/mol. The molecule has 0 saturated carbocycles. The summed E-state index contributed by atoms with van der Waals surface area (Å²) in [5, 5.41) is 5.60. The molecule has 0 radical (unpaired) electrons. The Labute approximate surface area is 205 Å². The normalized spacial score (nSPS) is 17.4. The van der Waals surface area contributed by atoms with Crippen LogP contribution in [0, 0.1) is 0 Å². The summed E-state index contributed by atoms with van der Waals surface area (Å²) in [5.41, 5.74) is 12.3. The molecule has 0 N–H and O–H groups in total. The first-order chi connectivity index (χ1) is 16.4. The Morgan fingerprint density at radius 3 is 1.74 bits per heavy atom. The molecule has 0 spiro atoms. The fraction of sp³-hybridized carbons (Fsp3) is 0.333. The third kappa shape index (κ3) is 2.71. The maximum atomic E-state index is 2.53. The van der Waals surface area contributed by atoms with Crippen molar-refractivity contribution in [3.63, 3.8) is 0 Å². The lowest BCUT2D eigenvalue weighted by Gasteiger charge is -2.49. The van der Waals surface area contributed by atoms with E-state index in [0.717, 1.165) is 23.0 Å². The first-order valence-electron chi connectivity index (χ1n) is 13.1. The van der Waals surface area contributed by atoms with E-state index in [1.807, 2.05) is 0 Å². The molecule has 4 aromatic rings. The summed E-state index contributed by atoms with van der Waals surface area (Å²) in [7, 11) is -1.78. The molecular weight excluding hydrogens is 424 g/mol. The van der Waals surface area contributed by atoms with Gasteiger partial charge in [0.1, 0.15) is 0 Å². The molecule has 0 amide bonds. The fourth-order valence-corrected chi connectivity index (χ4v) is 15.9. The highest BCUT2D eigenvalue weighted by molar-refractivity contribution is 6.85. The predicted octanol–water partition coefficient (Wildman–Crippen LogP) is 9.67. The highest BCUT2D eigenvalue weighted by Crippen LogP contribution is 2.62. The van der Waals surface area contributed by atoms with Gasteiger partial charge in [-0.05, 0) is 72.4 Å². The van der Waals surface area contributed by atoms with Crippen LogP contribution in [0.25, 0.3) is 27.1 Å². The van der Waals surface area contributed by atoms with Crippen LogP contribution in [-0.4, -0.2) is 8.07 Å². The van der Waals surface area contributed by atoms with Gasteiger partial charge in [0.25, 0.3) is 0 Å². The molecule has 0 saturated heterocycles. The van der Waals surface area contributed by atoms with Gasteiger partial charge in [0.05, 0.1) is 8.07 Å². The number of allylic oxidation sites excluding steroid dienone is 1. The second-order valence-corrected chi connectivity index (χ2v) is 17.6. The molecule has 2 aliphatic carbocycles. The molecule has 2 aliphatic rings. The molecule has 4 aromatic carbocycles. The van der Waals surface area contributed by atoms with Gasteiger partial charge in [-0.1, -0.05) is 120 Å². The SMILES string of the molecule is CC(C)[Si](C(C)C)(C(C)C)[C@H]1C2=C(c3c(ccc4ccccc34)C2)c2c1ccc1ccccc21. The van der Waals surface area contributed by atoms with Crippen molar-refractivity contribution < 1.29 is 0 Å². The summed E-state index contributed by atoms with van der Waals surface area (Å²) in [4.78, 5) is 0. The zero-order valence-electron chi connectivity index (χ0n) is 21.4. The van der Waals surface area contributed by atoms with Gasteiger partial charge in [0, 0.05) is 5.54 Å². The quantitative estimate of drug-likeness (QED) is 0.266. The monoisotopic (exact) mass is 460 g/mol. The van der Waals surface area contributed by atoms with Crippen molar-refractivity contribution >= 4 is 35.2 Å². The summed E-state index contributed by atoms with van der Waals surface area (Å²) in [6.07, 6.45) is 1.12. The van der Waals surface area contributed by atoms with Crippen LogP contribution in [0.2, 0.25) is 16.6 Å². The Morgan fingerprint density at radius 2 is 1.15 bits per heavy atom. The van der Waals surface area contributed by atoms with Crippen LogP contribution in [0.5, 0.6) is 0 Å². The van der Waals surface area contributed by atoms with E-state index < -0.39 is 8.07 Å². The fourth-order valence-electron chi connectivity index (χ4n) is 8.31. The molecule has 0 unspecified atom stereocenters. The molecule has 1 atom stereocenters. The van der Waals surface area contributed by atoms with Gasteiger partial charge in [-0.25, -0.2) is 0 Å². The average molecular weight is 461 g/mol. The largest absolute Gasteiger partial charge is 0.0736 e. The first kappa shape index (κ1) is 21.9. The van der Waals surface area contributed by atoms with Crippen LogP contribution in [0.15, 0.2) is 78.4 Å². The van der Waals surface area contributed by atoms with E-state index in [4.69, 9.17) is 0 Å². The van der Waals surface area contributed by atoms with Gasteiger partial charge in [0.15, 0.2) is 0 Å². The lowest BCUT2D eigenvalue weighted by atomic mass is 9.90. The van der Waals surface area contributed by atoms with E-state index in [1.54, 1.807) is 22.3 Å². The Kier molecular flexibility index (Phi) is 4.94. The van der Waals surface area contributed by atoms with Gasteiger partial charge < -0.3 is 0 Å². The highest BCUT2D eigenvalue weighted by atomic mass is 28.3. The van der Waals surface area contributed by atoms with Gasteiger partial charge >= 0.3 is 0 Å². The number of hydrogen-bond acceptors (Lipinski definition) is 0. The maximum absolute atomic E-state index is 2.53. The number of fused-ring (bicyclic) bond motifs is 8. The molecule has 0 aromatic heterocycles. The molecule has 6 rings (SSSR count). The number of rotatable bonds is 4. The molecule has 0 bridgehead atoms. The minimum atomic E-state index is -1.78. The second-order valence-electron chi connectivity index (χ2n) is 11.5. The average Bonchev–Trinajstić information content (AvgIpc) is 3.34. The lowest BCUT2D eigenvalue weighted by Crippen LogP contribution is -2.50. The molecule has 0 fully saturated rings. The van der Waals surface area contributed by atoms with Gasteiger partial charge in [-0.2, -0.15) is 0 Å². The molecule has 172 valence electrons. The van der Waals surface area contributed by atoms with Crippen LogP contribution >= 0.6 is 0 Å². The molecule has 1 heteroatoms. The molecular formula is C33H36Si. The molecule has 0 nitrogen and oxygen atoms in total. The Balaban J connectivity index is 1.76. The smallest absolute Gasteiger partial charge is 0.0651 e. The Hall–Kier alpha value is -2.64. The lowest BCUT2D eigenvalue weighted by molar-refractivity contribution is 0.761. The van der Waals surface area contributed by atoms with Crippen molar-refractivity contribution in [1.82, 2.24) is 0 Å². The topological polar surface area (TPSA) is 0 Å². The summed E-state index contributed by atoms with van der Waals surface area (Å²) in [6, 6.07) is 27.8. The van der Waals surface area contributed by atoms with Crippen molar-refractivity contribution in [3.05, 3.63) is 101 Å². The van der Waals surface area contributed by atoms with Crippen molar-refractivity contribution in [2.75, 3.05) is 0 Å². The van der Waals surface area contributed by atoms with Crippen LogP contribution in [-0.2, 0) is 6.42 Å². The summed E-state index contributed by atoms with van der Waals surface area (Å²) < 4.78 is 0. The van der Waals surface area contributed by atoms with E-state index >= 15 is 0 Å². The van der Waals surface area contributed by atoms with Gasteiger partial charge in [-0.15, -0.1) is 0 Å². The molecule has 34 heavy (non-hydrogen) atoms. The van der Waals surface area contributed by atoms with E-state index in [-0.39, 0.29) is 0 Å². The zero-order chi connectivity index (χ0) is 23.8. The van der Waals surface area contributed by atoms with Crippen LogP contribution in [0.4, 0.5) is 0 Å². The van der Waals surface area contributed by atoms with E-state index in [0.29, 0.717) is 5.54 Å². The van der Waals surface area contributed by atoms with Crippen molar-refractivity contribution in [3.8, 4) is 0 Å². The Morgan fingerprint density at radius 1 is 0.618 bits per heavy atom. The van der Waals surface area contributed by atoms with Crippen LogP contribution in [0.1, 0.15) is 69.3 Å². The van der Waals surface area contributed by atoms with E-state index in [1.165, 1.54) is 32.7 Å². The van der Waals surface area contributed by atoms with E-state index in [2.05, 4.69) is 114 Å². The van der Waals surface area contributed by atoms with E-state index in [9.17, 15) is 0 Å². The van der Waals surface area contributed by atoms with Crippen LogP contribution in [0.3, 0.4) is 0 Å². The van der Waals surface area contributed by atoms with Crippen molar-refractivity contribution in [2.24, 2.45) is 0 Å². The highest BCUT2D eigenvalue weighted by Gasteiger charge is 2.55. The third-order valence-electron chi connectivity index (χ3n) is 9.34. The molecule has 0 heterocycles. The second kappa shape index (κ2) is 7.68. The number of hydrogen-bond donors (Lipinski definition) is 0. The first-order valence-corrected chi connectivity index (χ1v) is 15.4. The van der Waals surface area contributed by atoms with Gasteiger partial charge in [-0.3, -0.25) is 0 Å². The third-order valence-corrected chi connectivity index (χ3v) is 17.0. The summed E-state index contributed by atoms with van der Waals surface area (Å²) >= 11 is 0. The summed E-state index contributed by atoms with van der Waals surface area (Å²) in [6.45, 7) is 15.2.